The molecule has 1 aromatic rings. The summed E-state index contributed by atoms with van der Waals surface area (Å²) in [5.74, 6) is 1.12. The zero-order chi connectivity index (χ0) is 8.97. The van der Waals surface area contributed by atoms with Crippen molar-refractivity contribution in [3.8, 4) is 0 Å². The zero-order valence-electron chi connectivity index (χ0n) is 6.82. The Balaban J connectivity index is 2.58. The summed E-state index contributed by atoms with van der Waals surface area (Å²) in [7, 11) is 0. The van der Waals surface area contributed by atoms with Crippen LogP contribution in [0.25, 0.3) is 0 Å². The molecule has 6 nitrogen and oxygen atoms in total. The number of nitrogens with zero attached hydrogens (tertiary/aromatic N) is 3. The Kier molecular flexibility index (Phi) is 2.62. The molecule has 0 amide bonds. The van der Waals surface area contributed by atoms with Crippen LogP contribution < -0.4 is 11.5 Å². The minimum Gasteiger partial charge on any atom is -0.370 e. The average molecular weight is 169 g/mol. The quantitative estimate of drug-likeness (QED) is 0.464. The van der Waals surface area contributed by atoms with E-state index in [1.165, 1.54) is 0 Å². The lowest BCUT2D eigenvalue weighted by atomic mass is 10.5. The van der Waals surface area contributed by atoms with Crippen molar-refractivity contribution in [3.05, 3.63) is 11.7 Å². The smallest absolute Gasteiger partial charge is 0.226 e. The van der Waals surface area contributed by atoms with Gasteiger partial charge >= 0.3 is 0 Å². The third-order valence-electron chi connectivity index (χ3n) is 1.22. The fraction of sp³-hybridized carbons (Fsp3) is 0.500. The van der Waals surface area contributed by atoms with Crippen LogP contribution in [0.2, 0.25) is 0 Å². The third-order valence-corrected chi connectivity index (χ3v) is 1.22. The van der Waals surface area contributed by atoms with Crippen LogP contribution in [0.5, 0.6) is 0 Å². The Hall–Kier alpha value is -1.59. The van der Waals surface area contributed by atoms with Crippen LogP contribution in [0, 0.1) is 0 Å². The van der Waals surface area contributed by atoms with Gasteiger partial charge in [-0.2, -0.15) is 4.98 Å². The van der Waals surface area contributed by atoms with Crippen LogP contribution >= 0.6 is 0 Å². The second-order valence-electron chi connectivity index (χ2n) is 2.20. The molecule has 12 heavy (non-hydrogen) atoms. The molecule has 0 aromatic carbocycles. The first kappa shape index (κ1) is 8.51. The highest BCUT2D eigenvalue weighted by atomic mass is 16.5. The van der Waals surface area contributed by atoms with Crippen LogP contribution in [0.4, 0.5) is 0 Å². The van der Waals surface area contributed by atoms with Crippen molar-refractivity contribution < 1.29 is 4.52 Å². The maximum absolute atomic E-state index is 5.12. The highest BCUT2D eigenvalue weighted by Crippen LogP contribution is 1.98. The number of guanidine groups is 1. The molecule has 0 saturated carbocycles. The van der Waals surface area contributed by atoms with E-state index in [-0.39, 0.29) is 12.5 Å². The number of aromatic nitrogens is 2. The van der Waals surface area contributed by atoms with Gasteiger partial charge in [-0.25, -0.2) is 4.99 Å². The van der Waals surface area contributed by atoms with Crippen molar-refractivity contribution >= 4 is 5.96 Å². The van der Waals surface area contributed by atoms with E-state index in [1.54, 1.807) is 0 Å². The molecule has 0 bridgehead atoms. The molecular weight excluding hydrogens is 158 g/mol. The van der Waals surface area contributed by atoms with Gasteiger partial charge in [-0.15, -0.1) is 0 Å². The molecule has 0 spiro atoms. The maximum Gasteiger partial charge on any atom is 0.226 e. The molecule has 0 saturated heterocycles. The number of hydrogen-bond acceptors (Lipinski definition) is 4. The largest absolute Gasteiger partial charge is 0.370 e. The standard InChI is InChI=1S/C6H11N5O/c1-2-5-10-4(11-12-5)3-9-6(7)8/h2-3H2,1H3,(H4,7,8,9). The summed E-state index contributed by atoms with van der Waals surface area (Å²) in [6.07, 6.45) is 0.717. The summed E-state index contributed by atoms with van der Waals surface area (Å²) in [5.41, 5.74) is 10.2. The van der Waals surface area contributed by atoms with Gasteiger partial charge in [0.1, 0.15) is 6.54 Å². The third kappa shape index (κ3) is 2.22. The number of hydrogen-bond donors (Lipinski definition) is 2. The van der Waals surface area contributed by atoms with Crippen LogP contribution in [0.3, 0.4) is 0 Å². The van der Waals surface area contributed by atoms with Gasteiger partial charge in [0.15, 0.2) is 11.8 Å². The number of aliphatic imine (C=N–C) groups is 1. The Morgan fingerprint density at radius 1 is 1.58 bits per heavy atom. The summed E-state index contributed by atoms with van der Waals surface area (Å²) < 4.78 is 4.83. The van der Waals surface area contributed by atoms with Gasteiger partial charge < -0.3 is 16.0 Å². The SMILES string of the molecule is CCc1nc(CN=C(N)N)no1. The van der Waals surface area contributed by atoms with Crippen LogP contribution in [-0.4, -0.2) is 16.1 Å². The van der Waals surface area contributed by atoms with E-state index >= 15 is 0 Å². The molecule has 0 aliphatic heterocycles. The van der Waals surface area contributed by atoms with Crippen molar-refractivity contribution in [1.82, 2.24) is 10.1 Å². The van der Waals surface area contributed by atoms with E-state index in [0.29, 0.717) is 11.7 Å². The lowest BCUT2D eigenvalue weighted by molar-refractivity contribution is 0.377. The first-order valence-electron chi connectivity index (χ1n) is 3.59. The number of aryl methyl sites for hydroxylation is 1. The molecule has 6 heteroatoms. The Morgan fingerprint density at radius 2 is 2.33 bits per heavy atom. The van der Waals surface area contributed by atoms with Gasteiger partial charge in [-0.05, 0) is 0 Å². The zero-order valence-corrected chi connectivity index (χ0v) is 6.82. The lowest BCUT2D eigenvalue weighted by Gasteiger charge is -1.87. The van der Waals surface area contributed by atoms with E-state index in [9.17, 15) is 0 Å². The average Bonchev–Trinajstić information content (AvgIpc) is 2.48. The molecule has 0 atom stereocenters. The Morgan fingerprint density at radius 3 is 2.83 bits per heavy atom. The Labute approximate surface area is 69.7 Å². The summed E-state index contributed by atoms with van der Waals surface area (Å²) in [4.78, 5) is 7.73. The molecule has 0 radical (unpaired) electrons. The molecule has 66 valence electrons. The van der Waals surface area contributed by atoms with Gasteiger partial charge in [0, 0.05) is 6.42 Å². The fourth-order valence-corrected chi connectivity index (χ4v) is 0.660. The minimum absolute atomic E-state index is 0.0258. The molecule has 0 unspecified atom stereocenters. The van der Waals surface area contributed by atoms with Gasteiger partial charge in [-0.1, -0.05) is 12.1 Å². The normalized spacial score (nSPS) is 9.75. The first-order valence-corrected chi connectivity index (χ1v) is 3.59. The van der Waals surface area contributed by atoms with Crippen molar-refractivity contribution in [1.29, 1.82) is 0 Å². The lowest BCUT2D eigenvalue weighted by Crippen LogP contribution is -2.22. The van der Waals surface area contributed by atoms with Crippen LogP contribution in [0.1, 0.15) is 18.6 Å². The second kappa shape index (κ2) is 3.70. The number of rotatable bonds is 3. The highest BCUT2D eigenvalue weighted by Gasteiger charge is 2.01. The van der Waals surface area contributed by atoms with E-state index in [0.717, 1.165) is 6.42 Å². The summed E-state index contributed by atoms with van der Waals surface area (Å²) in [6.45, 7) is 2.20. The van der Waals surface area contributed by atoms with Crippen molar-refractivity contribution in [2.75, 3.05) is 0 Å². The van der Waals surface area contributed by atoms with Gasteiger partial charge in [0.2, 0.25) is 5.89 Å². The molecule has 1 aromatic heterocycles. The molecule has 4 N–H and O–H groups in total. The van der Waals surface area contributed by atoms with Crippen molar-refractivity contribution in [3.63, 3.8) is 0 Å². The van der Waals surface area contributed by atoms with Crippen molar-refractivity contribution in [2.24, 2.45) is 16.5 Å². The summed E-state index contributed by atoms with van der Waals surface area (Å²) in [6, 6.07) is 0. The monoisotopic (exact) mass is 169 g/mol. The van der Waals surface area contributed by atoms with E-state index in [4.69, 9.17) is 16.0 Å². The molecule has 1 rings (SSSR count). The predicted molar refractivity (Wildman–Crippen MR) is 43.2 cm³/mol. The van der Waals surface area contributed by atoms with E-state index in [2.05, 4.69) is 15.1 Å². The topological polar surface area (TPSA) is 103 Å². The molecular formula is C6H11N5O. The summed E-state index contributed by atoms with van der Waals surface area (Å²) in [5, 5.41) is 3.65. The predicted octanol–water partition coefficient (Wildman–Crippen LogP) is -0.595. The van der Waals surface area contributed by atoms with Crippen LogP contribution in [0.15, 0.2) is 9.52 Å². The molecule has 1 heterocycles. The fourth-order valence-electron chi connectivity index (χ4n) is 0.660. The first-order chi connectivity index (χ1) is 5.72. The van der Waals surface area contributed by atoms with Gasteiger partial charge in [-0.3, -0.25) is 0 Å². The molecule has 0 aliphatic carbocycles. The highest BCUT2D eigenvalue weighted by molar-refractivity contribution is 5.75. The summed E-state index contributed by atoms with van der Waals surface area (Å²) >= 11 is 0. The van der Waals surface area contributed by atoms with E-state index < -0.39 is 0 Å². The number of nitrogens with two attached hydrogens (primary N) is 2. The molecule has 0 aliphatic rings. The van der Waals surface area contributed by atoms with Gasteiger partial charge in [0.05, 0.1) is 0 Å². The van der Waals surface area contributed by atoms with Crippen molar-refractivity contribution in [2.45, 2.75) is 19.9 Å². The molecule has 0 fully saturated rings. The maximum atomic E-state index is 5.12. The Bertz CT molecular complexity index is 275. The minimum atomic E-state index is 0.0258. The van der Waals surface area contributed by atoms with Crippen LogP contribution in [-0.2, 0) is 13.0 Å². The van der Waals surface area contributed by atoms with E-state index in [1.807, 2.05) is 6.92 Å². The van der Waals surface area contributed by atoms with Gasteiger partial charge in [0.25, 0.3) is 0 Å². The second-order valence-corrected chi connectivity index (χ2v) is 2.20.